The maximum absolute atomic E-state index is 12.8. The van der Waals surface area contributed by atoms with Gasteiger partial charge in [-0.1, -0.05) is 17.3 Å². The van der Waals surface area contributed by atoms with Crippen LogP contribution in [0.15, 0.2) is 29.4 Å². The minimum absolute atomic E-state index is 0.223. The Morgan fingerprint density at radius 1 is 1.23 bits per heavy atom. The zero-order valence-electron chi connectivity index (χ0n) is 12.5. The quantitative estimate of drug-likeness (QED) is 0.432. The first-order valence-corrected chi connectivity index (χ1v) is 7.04. The molecule has 0 spiro atoms. The SMILES string of the molecule is COCCCC/C(=N\OCCN)c1cccc(C(F)(F)F)c1. The molecule has 0 atom stereocenters. The summed E-state index contributed by atoms with van der Waals surface area (Å²) in [6.07, 6.45) is -2.33. The van der Waals surface area contributed by atoms with Crippen LogP contribution in [-0.2, 0) is 15.8 Å². The van der Waals surface area contributed by atoms with Crippen molar-refractivity contribution in [1.82, 2.24) is 0 Å². The van der Waals surface area contributed by atoms with Crippen molar-refractivity contribution < 1.29 is 22.7 Å². The molecular weight excluding hydrogens is 297 g/mol. The van der Waals surface area contributed by atoms with Crippen LogP contribution in [-0.4, -0.2) is 32.6 Å². The summed E-state index contributed by atoms with van der Waals surface area (Å²) in [5, 5.41) is 3.93. The molecule has 0 heterocycles. The number of halogens is 3. The molecule has 1 aromatic carbocycles. The molecule has 22 heavy (non-hydrogen) atoms. The highest BCUT2D eigenvalue weighted by Gasteiger charge is 2.30. The molecule has 0 aliphatic heterocycles. The van der Waals surface area contributed by atoms with Gasteiger partial charge in [-0.05, 0) is 37.0 Å². The minimum Gasteiger partial charge on any atom is -0.394 e. The van der Waals surface area contributed by atoms with Crippen molar-refractivity contribution in [2.24, 2.45) is 10.9 Å². The third kappa shape index (κ3) is 6.44. The van der Waals surface area contributed by atoms with Crippen molar-refractivity contribution >= 4 is 5.71 Å². The Balaban J connectivity index is 2.87. The predicted molar refractivity (Wildman–Crippen MR) is 78.7 cm³/mol. The summed E-state index contributed by atoms with van der Waals surface area (Å²) in [5.41, 5.74) is 5.50. The van der Waals surface area contributed by atoms with E-state index in [0.717, 1.165) is 25.0 Å². The number of hydrogen-bond acceptors (Lipinski definition) is 4. The third-order valence-electron chi connectivity index (χ3n) is 2.92. The van der Waals surface area contributed by atoms with Crippen LogP contribution in [0.3, 0.4) is 0 Å². The second-order valence-corrected chi connectivity index (χ2v) is 4.69. The van der Waals surface area contributed by atoms with Gasteiger partial charge in [0, 0.05) is 20.3 Å². The summed E-state index contributed by atoms with van der Waals surface area (Å²) in [5.74, 6) is 0. The number of alkyl halides is 3. The molecular formula is C15H21F3N2O2. The van der Waals surface area contributed by atoms with E-state index in [9.17, 15) is 13.2 Å². The van der Waals surface area contributed by atoms with Gasteiger partial charge in [-0.2, -0.15) is 13.2 Å². The number of methoxy groups -OCH3 is 1. The van der Waals surface area contributed by atoms with Gasteiger partial charge in [-0.25, -0.2) is 0 Å². The van der Waals surface area contributed by atoms with Crippen molar-refractivity contribution in [3.8, 4) is 0 Å². The topological polar surface area (TPSA) is 56.8 Å². The van der Waals surface area contributed by atoms with Gasteiger partial charge in [-0.15, -0.1) is 0 Å². The van der Waals surface area contributed by atoms with Crippen LogP contribution in [0.5, 0.6) is 0 Å². The number of nitrogens with zero attached hydrogens (tertiary/aromatic N) is 1. The molecule has 1 rings (SSSR count). The Morgan fingerprint density at radius 3 is 2.64 bits per heavy atom. The predicted octanol–water partition coefficient (Wildman–Crippen LogP) is 3.20. The number of ether oxygens (including phenoxy) is 1. The van der Waals surface area contributed by atoms with Gasteiger partial charge in [0.15, 0.2) is 0 Å². The van der Waals surface area contributed by atoms with E-state index in [1.807, 2.05) is 0 Å². The Kier molecular flexibility index (Phi) is 7.90. The van der Waals surface area contributed by atoms with E-state index < -0.39 is 11.7 Å². The molecule has 0 aliphatic rings. The van der Waals surface area contributed by atoms with Crippen LogP contribution in [0.1, 0.15) is 30.4 Å². The number of nitrogens with two attached hydrogens (primary N) is 1. The highest BCUT2D eigenvalue weighted by Crippen LogP contribution is 2.30. The molecule has 0 aliphatic carbocycles. The van der Waals surface area contributed by atoms with Gasteiger partial charge in [-0.3, -0.25) is 0 Å². The number of unbranched alkanes of at least 4 members (excludes halogenated alkanes) is 1. The Morgan fingerprint density at radius 2 is 2.00 bits per heavy atom. The van der Waals surface area contributed by atoms with Crippen LogP contribution in [0.2, 0.25) is 0 Å². The lowest BCUT2D eigenvalue weighted by atomic mass is 10.0. The maximum atomic E-state index is 12.8. The van der Waals surface area contributed by atoms with E-state index in [4.69, 9.17) is 15.3 Å². The van der Waals surface area contributed by atoms with Gasteiger partial charge in [0.1, 0.15) is 6.61 Å². The van der Waals surface area contributed by atoms with Gasteiger partial charge in [0.05, 0.1) is 11.3 Å². The Hall–Kier alpha value is -1.60. The first-order chi connectivity index (χ1) is 10.5. The van der Waals surface area contributed by atoms with Crippen LogP contribution >= 0.6 is 0 Å². The molecule has 1 aromatic rings. The largest absolute Gasteiger partial charge is 0.416 e. The van der Waals surface area contributed by atoms with Crippen LogP contribution in [0.25, 0.3) is 0 Å². The van der Waals surface area contributed by atoms with E-state index in [-0.39, 0.29) is 6.61 Å². The monoisotopic (exact) mass is 318 g/mol. The molecule has 0 saturated heterocycles. The molecule has 0 bridgehead atoms. The maximum Gasteiger partial charge on any atom is 0.416 e. The lowest BCUT2D eigenvalue weighted by Gasteiger charge is -2.11. The van der Waals surface area contributed by atoms with Crippen molar-refractivity contribution in [2.45, 2.75) is 25.4 Å². The molecule has 0 fully saturated rings. The lowest BCUT2D eigenvalue weighted by Crippen LogP contribution is -2.10. The van der Waals surface area contributed by atoms with Gasteiger partial charge < -0.3 is 15.3 Å². The molecule has 0 unspecified atom stereocenters. The van der Waals surface area contributed by atoms with Crippen molar-refractivity contribution in [3.63, 3.8) is 0 Å². The smallest absolute Gasteiger partial charge is 0.394 e. The molecule has 7 heteroatoms. The summed E-state index contributed by atoms with van der Waals surface area (Å²) in [6.45, 7) is 1.11. The average Bonchev–Trinajstić information content (AvgIpc) is 2.49. The average molecular weight is 318 g/mol. The molecule has 0 aromatic heterocycles. The molecule has 0 amide bonds. The van der Waals surface area contributed by atoms with Gasteiger partial charge >= 0.3 is 6.18 Å². The number of hydrogen-bond donors (Lipinski definition) is 1. The Labute approximate surface area is 128 Å². The number of benzene rings is 1. The molecule has 0 saturated carbocycles. The first-order valence-electron chi connectivity index (χ1n) is 7.04. The summed E-state index contributed by atoms with van der Waals surface area (Å²) in [6, 6.07) is 5.08. The standard InChI is InChI=1S/C15H21F3N2O2/c1-21-9-3-2-7-14(20-22-10-8-19)12-5-4-6-13(11-12)15(16,17)18/h4-6,11H,2-3,7-10,19H2,1H3/b20-14+. The van der Waals surface area contributed by atoms with Crippen molar-refractivity contribution in [2.75, 3.05) is 26.9 Å². The highest BCUT2D eigenvalue weighted by molar-refractivity contribution is 6.00. The van der Waals surface area contributed by atoms with E-state index in [2.05, 4.69) is 5.16 Å². The van der Waals surface area contributed by atoms with E-state index in [1.165, 1.54) is 6.07 Å². The van der Waals surface area contributed by atoms with Crippen LogP contribution in [0.4, 0.5) is 13.2 Å². The van der Waals surface area contributed by atoms with Gasteiger partial charge in [0.2, 0.25) is 0 Å². The van der Waals surface area contributed by atoms with Crippen molar-refractivity contribution in [1.29, 1.82) is 0 Å². The second kappa shape index (κ2) is 9.42. The molecule has 124 valence electrons. The number of rotatable bonds is 9. The van der Waals surface area contributed by atoms with E-state index in [0.29, 0.717) is 30.8 Å². The fourth-order valence-electron chi connectivity index (χ4n) is 1.83. The summed E-state index contributed by atoms with van der Waals surface area (Å²) < 4.78 is 43.3. The van der Waals surface area contributed by atoms with E-state index >= 15 is 0 Å². The van der Waals surface area contributed by atoms with Crippen molar-refractivity contribution in [3.05, 3.63) is 35.4 Å². The fraction of sp³-hybridized carbons (Fsp3) is 0.533. The fourth-order valence-corrected chi connectivity index (χ4v) is 1.83. The molecule has 4 nitrogen and oxygen atoms in total. The first kappa shape index (κ1) is 18.4. The minimum atomic E-state index is -4.38. The summed E-state index contributed by atoms with van der Waals surface area (Å²) in [4.78, 5) is 5.03. The van der Waals surface area contributed by atoms with Crippen LogP contribution in [0, 0.1) is 0 Å². The van der Waals surface area contributed by atoms with Gasteiger partial charge in [0.25, 0.3) is 0 Å². The molecule has 0 radical (unpaired) electrons. The normalized spacial score (nSPS) is 12.5. The zero-order chi connectivity index (χ0) is 16.4. The van der Waals surface area contributed by atoms with E-state index in [1.54, 1.807) is 13.2 Å². The second-order valence-electron chi connectivity index (χ2n) is 4.69. The third-order valence-corrected chi connectivity index (χ3v) is 2.92. The molecule has 2 N–H and O–H groups in total. The number of oxime groups is 1. The Bertz CT molecular complexity index is 476. The highest BCUT2D eigenvalue weighted by atomic mass is 19.4. The lowest BCUT2D eigenvalue weighted by molar-refractivity contribution is -0.137. The van der Waals surface area contributed by atoms with Crippen LogP contribution < -0.4 is 5.73 Å². The zero-order valence-corrected chi connectivity index (χ0v) is 12.5. The summed E-state index contributed by atoms with van der Waals surface area (Å²) in [7, 11) is 1.60. The summed E-state index contributed by atoms with van der Waals surface area (Å²) >= 11 is 0.